The molecule has 0 saturated heterocycles. The summed E-state index contributed by atoms with van der Waals surface area (Å²) in [6.07, 6.45) is -5.53. The Labute approximate surface area is 90.6 Å². The van der Waals surface area contributed by atoms with Crippen LogP contribution in [0.1, 0.15) is 18.0 Å². The van der Waals surface area contributed by atoms with E-state index in [1.807, 2.05) is 0 Å². The van der Waals surface area contributed by atoms with Crippen LogP contribution in [0.3, 0.4) is 0 Å². The normalized spacial score (nSPS) is 13.6. The van der Waals surface area contributed by atoms with Crippen LogP contribution in [0.5, 0.6) is 11.5 Å². The van der Waals surface area contributed by atoms with Gasteiger partial charge in [0, 0.05) is 17.7 Å². The molecule has 0 bridgehead atoms. The first kappa shape index (κ1) is 12.6. The number of alkyl halides is 3. The molecule has 0 aliphatic heterocycles. The van der Waals surface area contributed by atoms with E-state index in [2.05, 4.69) is 0 Å². The highest BCUT2D eigenvalue weighted by Gasteiger charge is 2.31. The van der Waals surface area contributed by atoms with Crippen LogP contribution in [-0.4, -0.2) is 18.4 Å². The predicted molar refractivity (Wildman–Crippen MR) is 52.3 cm³/mol. The van der Waals surface area contributed by atoms with Crippen molar-refractivity contribution in [1.29, 1.82) is 0 Å². The van der Waals surface area contributed by atoms with Gasteiger partial charge in [-0.05, 0) is 6.07 Å². The molecule has 0 spiro atoms. The van der Waals surface area contributed by atoms with Crippen LogP contribution in [0.2, 0.25) is 0 Å². The molecule has 0 aliphatic carbocycles. The van der Waals surface area contributed by atoms with Crippen LogP contribution in [-0.2, 0) is 0 Å². The molecule has 0 saturated carbocycles. The molecule has 90 valence electrons. The van der Waals surface area contributed by atoms with Gasteiger partial charge in [-0.25, -0.2) is 0 Å². The van der Waals surface area contributed by atoms with Crippen LogP contribution in [0.15, 0.2) is 18.2 Å². The molecule has 3 N–H and O–H groups in total. The number of phenolic OH excluding ortho intramolecular Hbond substituents is 1. The maximum atomic E-state index is 12.1. The van der Waals surface area contributed by atoms with Crippen molar-refractivity contribution in [2.75, 3.05) is 7.11 Å². The SMILES string of the molecule is COc1ccc([C@@H](N)CC(F)(F)F)c(O)c1. The van der Waals surface area contributed by atoms with Gasteiger partial charge in [0.2, 0.25) is 0 Å². The van der Waals surface area contributed by atoms with Crippen molar-refractivity contribution in [1.82, 2.24) is 0 Å². The molecule has 1 rings (SSSR count). The zero-order valence-corrected chi connectivity index (χ0v) is 8.58. The minimum Gasteiger partial charge on any atom is -0.507 e. The van der Waals surface area contributed by atoms with Crippen LogP contribution in [0.25, 0.3) is 0 Å². The van der Waals surface area contributed by atoms with E-state index in [0.29, 0.717) is 5.75 Å². The van der Waals surface area contributed by atoms with Crippen molar-refractivity contribution < 1.29 is 23.0 Å². The molecule has 0 fully saturated rings. The summed E-state index contributed by atoms with van der Waals surface area (Å²) in [6.45, 7) is 0. The molecular formula is C10H12F3NO2. The van der Waals surface area contributed by atoms with E-state index >= 15 is 0 Å². The Morgan fingerprint density at radius 1 is 1.44 bits per heavy atom. The Morgan fingerprint density at radius 2 is 2.06 bits per heavy atom. The molecule has 0 aliphatic rings. The van der Waals surface area contributed by atoms with E-state index < -0.39 is 18.6 Å². The van der Waals surface area contributed by atoms with Gasteiger partial charge in [0.1, 0.15) is 11.5 Å². The second kappa shape index (κ2) is 4.61. The van der Waals surface area contributed by atoms with Crippen molar-refractivity contribution in [3.05, 3.63) is 23.8 Å². The van der Waals surface area contributed by atoms with Crippen molar-refractivity contribution in [3.63, 3.8) is 0 Å². The Hall–Kier alpha value is -1.43. The summed E-state index contributed by atoms with van der Waals surface area (Å²) in [5.74, 6) is 0.0663. The topological polar surface area (TPSA) is 55.5 Å². The lowest BCUT2D eigenvalue weighted by atomic mass is 10.0. The minimum atomic E-state index is -4.36. The molecule has 1 atom stereocenters. The van der Waals surface area contributed by atoms with E-state index in [0.717, 1.165) is 0 Å². The summed E-state index contributed by atoms with van der Waals surface area (Å²) in [5.41, 5.74) is 5.41. The van der Waals surface area contributed by atoms with Gasteiger partial charge in [-0.2, -0.15) is 13.2 Å². The zero-order chi connectivity index (χ0) is 12.3. The molecule has 16 heavy (non-hydrogen) atoms. The molecule has 0 amide bonds. The van der Waals surface area contributed by atoms with Crippen molar-refractivity contribution >= 4 is 0 Å². The van der Waals surface area contributed by atoms with Crippen LogP contribution in [0, 0.1) is 0 Å². The lowest BCUT2D eigenvalue weighted by Gasteiger charge is -2.16. The molecule has 1 aromatic rings. The van der Waals surface area contributed by atoms with Crippen LogP contribution >= 0.6 is 0 Å². The number of ether oxygens (including phenoxy) is 1. The molecule has 6 heteroatoms. The molecule has 0 radical (unpaired) electrons. The molecule has 0 unspecified atom stereocenters. The summed E-state index contributed by atoms with van der Waals surface area (Å²) in [5, 5.41) is 9.46. The standard InChI is InChI=1S/C10H12F3NO2/c1-16-6-2-3-7(9(15)4-6)8(14)5-10(11,12)13/h2-4,8,15H,5,14H2,1H3/t8-/m0/s1. The summed E-state index contributed by atoms with van der Waals surface area (Å²) in [6, 6.07) is 2.73. The number of benzene rings is 1. The van der Waals surface area contributed by atoms with E-state index in [-0.39, 0.29) is 11.3 Å². The number of rotatable bonds is 3. The fourth-order valence-electron chi connectivity index (χ4n) is 1.32. The fourth-order valence-corrected chi connectivity index (χ4v) is 1.32. The quantitative estimate of drug-likeness (QED) is 0.845. The average molecular weight is 235 g/mol. The third-order valence-corrected chi connectivity index (χ3v) is 2.09. The first-order valence-corrected chi connectivity index (χ1v) is 4.52. The second-order valence-electron chi connectivity index (χ2n) is 3.35. The summed E-state index contributed by atoms with van der Waals surface area (Å²) in [7, 11) is 1.39. The largest absolute Gasteiger partial charge is 0.507 e. The number of hydrogen-bond donors (Lipinski definition) is 2. The number of nitrogens with two attached hydrogens (primary N) is 1. The number of methoxy groups -OCH3 is 1. The lowest BCUT2D eigenvalue weighted by Crippen LogP contribution is -2.20. The summed E-state index contributed by atoms with van der Waals surface area (Å²) in [4.78, 5) is 0. The fraction of sp³-hybridized carbons (Fsp3) is 0.400. The molecule has 1 aromatic carbocycles. The summed E-state index contributed by atoms with van der Waals surface area (Å²) < 4.78 is 41.1. The van der Waals surface area contributed by atoms with Gasteiger partial charge in [-0.15, -0.1) is 0 Å². The van der Waals surface area contributed by atoms with Crippen molar-refractivity contribution in [3.8, 4) is 11.5 Å². The Kier molecular flexibility index (Phi) is 3.64. The number of phenols is 1. The highest BCUT2D eigenvalue weighted by atomic mass is 19.4. The van der Waals surface area contributed by atoms with Gasteiger partial charge < -0.3 is 15.6 Å². The van der Waals surface area contributed by atoms with E-state index in [4.69, 9.17) is 10.5 Å². The Bertz CT molecular complexity index is 366. The molecule has 0 heterocycles. The maximum Gasteiger partial charge on any atom is 0.390 e. The third-order valence-electron chi connectivity index (χ3n) is 2.09. The summed E-state index contributed by atoms with van der Waals surface area (Å²) >= 11 is 0. The van der Waals surface area contributed by atoms with Crippen LogP contribution in [0.4, 0.5) is 13.2 Å². The first-order valence-electron chi connectivity index (χ1n) is 4.52. The second-order valence-corrected chi connectivity index (χ2v) is 3.35. The minimum absolute atomic E-state index is 0.0538. The molecular weight excluding hydrogens is 223 g/mol. The number of hydrogen-bond acceptors (Lipinski definition) is 3. The van der Waals surface area contributed by atoms with Crippen LogP contribution < -0.4 is 10.5 Å². The lowest BCUT2D eigenvalue weighted by molar-refractivity contribution is -0.138. The van der Waals surface area contributed by atoms with Gasteiger partial charge in [0.05, 0.1) is 13.5 Å². The van der Waals surface area contributed by atoms with Gasteiger partial charge in [-0.1, -0.05) is 6.07 Å². The maximum absolute atomic E-state index is 12.1. The average Bonchev–Trinajstić information content (AvgIpc) is 2.14. The van der Waals surface area contributed by atoms with Crippen molar-refractivity contribution in [2.45, 2.75) is 18.6 Å². The van der Waals surface area contributed by atoms with Crippen molar-refractivity contribution in [2.24, 2.45) is 5.73 Å². The Morgan fingerprint density at radius 3 is 2.50 bits per heavy atom. The third kappa shape index (κ3) is 3.30. The Balaban J connectivity index is 2.88. The van der Waals surface area contributed by atoms with Gasteiger partial charge in [0.15, 0.2) is 0 Å². The smallest absolute Gasteiger partial charge is 0.390 e. The monoisotopic (exact) mass is 235 g/mol. The highest BCUT2D eigenvalue weighted by Crippen LogP contribution is 2.33. The molecule has 0 aromatic heterocycles. The zero-order valence-electron chi connectivity index (χ0n) is 8.58. The van der Waals surface area contributed by atoms with Gasteiger partial charge in [-0.3, -0.25) is 0 Å². The van der Waals surface area contributed by atoms with E-state index in [1.54, 1.807) is 0 Å². The molecule has 3 nitrogen and oxygen atoms in total. The van der Waals surface area contributed by atoms with Gasteiger partial charge in [0.25, 0.3) is 0 Å². The number of halogens is 3. The van der Waals surface area contributed by atoms with E-state index in [9.17, 15) is 18.3 Å². The highest BCUT2D eigenvalue weighted by molar-refractivity contribution is 5.41. The van der Waals surface area contributed by atoms with Gasteiger partial charge >= 0.3 is 6.18 Å². The predicted octanol–water partition coefficient (Wildman–Crippen LogP) is 2.35. The first-order chi connectivity index (χ1) is 7.33. The number of aromatic hydroxyl groups is 1. The van der Waals surface area contributed by atoms with E-state index in [1.165, 1.54) is 25.3 Å².